The highest BCUT2D eigenvalue weighted by Gasteiger charge is 2.10. The average Bonchev–Trinajstić information content (AvgIpc) is 2.42. The molecule has 0 radical (unpaired) electrons. The smallest absolute Gasteiger partial charge is 0.265 e. The third-order valence-corrected chi connectivity index (χ3v) is 3.09. The Morgan fingerprint density at radius 1 is 1.05 bits per heavy atom. The SMILES string of the molecule is NNC(=O)c1ccc(Oc2ccc(N)cc2Cl)c(Cl)c1. The van der Waals surface area contributed by atoms with Gasteiger partial charge in [0.2, 0.25) is 0 Å². The first kappa shape index (κ1) is 14.5. The molecular formula is C13H11Cl2N3O2. The van der Waals surface area contributed by atoms with Crippen LogP contribution in [-0.4, -0.2) is 5.91 Å². The number of hydrazine groups is 1. The van der Waals surface area contributed by atoms with Crippen LogP contribution >= 0.6 is 23.2 Å². The molecule has 2 rings (SSSR count). The van der Waals surface area contributed by atoms with E-state index in [-0.39, 0.29) is 5.02 Å². The van der Waals surface area contributed by atoms with Crippen molar-refractivity contribution in [2.75, 3.05) is 5.73 Å². The molecule has 104 valence electrons. The minimum Gasteiger partial charge on any atom is -0.454 e. The minimum atomic E-state index is -0.441. The fourth-order valence-electron chi connectivity index (χ4n) is 1.53. The quantitative estimate of drug-likeness (QED) is 0.352. The van der Waals surface area contributed by atoms with E-state index >= 15 is 0 Å². The number of anilines is 1. The summed E-state index contributed by atoms with van der Waals surface area (Å²) in [7, 11) is 0. The summed E-state index contributed by atoms with van der Waals surface area (Å²) < 4.78 is 5.58. The Kier molecular flexibility index (Phi) is 4.34. The second-order valence-electron chi connectivity index (χ2n) is 3.91. The first-order valence-corrected chi connectivity index (χ1v) is 6.30. The molecule has 2 aromatic rings. The summed E-state index contributed by atoms with van der Waals surface area (Å²) in [4.78, 5) is 11.4. The predicted molar refractivity (Wildman–Crippen MR) is 79.0 cm³/mol. The maximum atomic E-state index is 11.4. The van der Waals surface area contributed by atoms with Crippen LogP contribution in [0.2, 0.25) is 10.0 Å². The van der Waals surface area contributed by atoms with Crippen molar-refractivity contribution in [3.63, 3.8) is 0 Å². The van der Waals surface area contributed by atoms with E-state index in [9.17, 15) is 4.79 Å². The highest BCUT2D eigenvalue weighted by atomic mass is 35.5. The molecule has 0 aliphatic rings. The average molecular weight is 312 g/mol. The molecule has 0 spiro atoms. The molecule has 0 bridgehead atoms. The molecular weight excluding hydrogens is 301 g/mol. The van der Waals surface area contributed by atoms with Crippen LogP contribution in [0.1, 0.15) is 10.4 Å². The molecule has 0 heterocycles. The molecule has 1 amide bonds. The molecule has 0 fully saturated rings. The Balaban J connectivity index is 2.28. The number of benzene rings is 2. The van der Waals surface area contributed by atoms with Crippen LogP contribution in [0.4, 0.5) is 5.69 Å². The van der Waals surface area contributed by atoms with Crippen LogP contribution in [0.5, 0.6) is 11.5 Å². The van der Waals surface area contributed by atoms with Crippen LogP contribution in [0, 0.1) is 0 Å². The molecule has 0 atom stereocenters. The lowest BCUT2D eigenvalue weighted by Crippen LogP contribution is -2.29. The lowest BCUT2D eigenvalue weighted by molar-refractivity contribution is 0.0953. The van der Waals surface area contributed by atoms with Crippen molar-refractivity contribution >= 4 is 34.8 Å². The summed E-state index contributed by atoms with van der Waals surface area (Å²) in [6.07, 6.45) is 0. The van der Waals surface area contributed by atoms with Gasteiger partial charge in [-0.25, -0.2) is 5.84 Å². The van der Waals surface area contributed by atoms with E-state index in [0.29, 0.717) is 27.8 Å². The summed E-state index contributed by atoms with van der Waals surface area (Å²) in [5.74, 6) is 5.39. The van der Waals surface area contributed by atoms with Crippen molar-refractivity contribution in [1.29, 1.82) is 0 Å². The van der Waals surface area contributed by atoms with E-state index in [4.69, 9.17) is 39.5 Å². The second-order valence-corrected chi connectivity index (χ2v) is 4.72. The van der Waals surface area contributed by atoms with Crippen LogP contribution in [0.25, 0.3) is 0 Å². The topological polar surface area (TPSA) is 90.4 Å². The van der Waals surface area contributed by atoms with Crippen molar-refractivity contribution in [3.05, 3.63) is 52.0 Å². The molecule has 0 aromatic heterocycles. The number of hydrogen-bond acceptors (Lipinski definition) is 4. The Labute approximate surface area is 125 Å². The van der Waals surface area contributed by atoms with Crippen LogP contribution in [0.15, 0.2) is 36.4 Å². The Morgan fingerprint density at radius 2 is 1.65 bits per heavy atom. The summed E-state index contributed by atoms with van der Waals surface area (Å²) in [5.41, 5.74) is 8.47. The van der Waals surface area contributed by atoms with Crippen LogP contribution in [-0.2, 0) is 0 Å². The zero-order valence-electron chi connectivity index (χ0n) is 10.2. The van der Waals surface area contributed by atoms with Crippen LogP contribution < -0.4 is 21.7 Å². The van der Waals surface area contributed by atoms with Gasteiger partial charge in [-0.3, -0.25) is 10.2 Å². The number of nitrogens with one attached hydrogen (secondary N) is 1. The van der Waals surface area contributed by atoms with E-state index < -0.39 is 5.91 Å². The zero-order chi connectivity index (χ0) is 14.7. The van der Waals surface area contributed by atoms with Gasteiger partial charge in [-0.2, -0.15) is 0 Å². The van der Waals surface area contributed by atoms with E-state index in [2.05, 4.69) is 0 Å². The molecule has 0 aliphatic heterocycles. The number of amides is 1. The number of nitrogen functional groups attached to an aromatic ring is 2. The number of carbonyl (C=O) groups is 1. The molecule has 0 saturated carbocycles. The van der Waals surface area contributed by atoms with Crippen molar-refractivity contribution in [2.45, 2.75) is 0 Å². The maximum Gasteiger partial charge on any atom is 0.265 e. The van der Waals surface area contributed by atoms with Gasteiger partial charge < -0.3 is 10.5 Å². The lowest BCUT2D eigenvalue weighted by atomic mass is 10.2. The normalized spacial score (nSPS) is 10.2. The standard InChI is InChI=1S/C13H11Cl2N3O2/c14-9-5-7(13(19)18-17)1-3-11(9)20-12-4-2-8(16)6-10(12)15/h1-6H,16-17H2,(H,18,19). The van der Waals surface area contributed by atoms with Gasteiger partial charge in [0.25, 0.3) is 5.91 Å². The molecule has 5 N–H and O–H groups in total. The molecule has 2 aromatic carbocycles. The highest BCUT2D eigenvalue weighted by Crippen LogP contribution is 2.34. The first-order chi connectivity index (χ1) is 9.51. The Bertz CT molecular complexity index is 662. The molecule has 0 saturated heterocycles. The number of nitrogens with two attached hydrogens (primary N) is 2. The van der Waals surface area contributed by atoms with E-state index in [1.807, 2.05) is 5.43 Å². The predicted octanol–water partition coefficient (Wildman–Crippen LogP) is 2.97. The Morgan fingerprint density at radius 3 is 2.20 bits per heavy atom. The fourth-order valence-corrected chi connectivity index (χ4v) is 1.97. The molecule has 0 aliphatic carbocycles. The monoisotopic (exact) mass is 311 g/mol. The van der Waals surface area contributed by atoms with Gasteiger partial charge in [-0.15, -0.1) is 0 Å². The van der Waals surface area contributed by atoms with Gasteiger partial charge >= 0.3 is 0 Å². The molecule has 7 heteroatoms. The lowest BCUT2D eigenvalue weighted by Gasteiger charge is -2.10. The number of rotatable bonds is 3. The first-order valence-electron chi connectivity index (χ1n) is 5.54. The zero-order valence-corrected chi connectivity index (χ0v) is 11.7. The summed E-state index contributed by atoms with van der Waals surface area (Å²) in [6, 6.07) is 9.40. The van der Waals surface area contributed by atoms with Crippen molar-refractivity contribution in [3.8, 4) is 11.5 Å². The number of ether oxygens (including phenoxy) is 1. The summed E-state index contributed by atoms with van der Waals surface area (Å²) >= 11 is 12.1. The van der Waals surface area contributed by atoms with Crippen molar-refractivity contribution in [1.82, 2.24) is 5.43 Å². The van der Waals surface area contributed by atoms with E-state index in [1.165, 1.54) is 12.1 Å². The largest absolute Gasteiger partial charge is 0.454 e. The second kappa shape index (κ2) is 6.00. The Hall–Kier alpha value is -1.95. The summed E-state index contributed by atoms with van der Waals surface area (Å²) in [5, 5.41) is 0.629. The van der Waals surface area contributed by atoms with Crippen molar-refractivity contribution in [2.24, 2.45) is 5.84 Å². The van der Waals surface area contributed by atoms with Gasteiger partial charge in [0.1, 0.15) is 11.5 Å². The molecule has 20 heavy (non-hydrogen) atoms. The van der Waals surface area contributed by atoms with Crippen LogP contribution in [0.3, 0.4) is 0 Å². The third-order valence-electron chi connectivity index (χ3n) is 2.50. The van der Waals surface area contributed by atoms with Gasteiger partial charge in [-0.1, -0.05) is 23.2 Å². The fraction of sp³-hybridized carbons (Fsp3) is 0. The summed E-state index contributed by atoms with van der Waals surface area (Å²) in [6.45, 7) is 0. The molecule has 5 nitrogen and oxygen atoms in total. The minimum absolute atomic E-state index is 0.263. The van der Waals surface area contributed by atoms with Gasteiger partial charge in [0, 0.05) is 11.3 Å². The third kappa shape index (κ3) is 3.14. The number of carbonyl (C=O) groups excluding carboxylic acids is 1. The number of halogens is 2. The van der Waals surface area contributed by atoms with Gasteiger partial charge in [0.05, 0.1) is 10.0 Å². The number of hydrogen-bond donors (Lipinski definition) is 3. The van der Waals surface area contributed by atoms with Gasteiger partial charge in [-0.05, 0) is 36.4 Å². The van der Waals surface area contributed by atoms with E-state index in [1.54, 1.807) is 24.3 Å². The van der Waals surface area contributed by atoms with E-state index in [0.717, 1.165) is 0 Å². The highest BCUT2D eigenvalue weighted by molar-refractivity contribution is 6.33. The van der Waals surface area contributed by atoms with Gasteiger partial charge in [0.15, 0.2) is 0 Å². The van der Waals surface area contributed by atoms with Crippen molar-refractivity contribution < 1.29 is 9.53 Å². The maximum absolute atomic E-state index is 11.4. The molecule has 0 unspecified atom stereocenters.